The zero-order valence-corrected chi connectivity index (χ0v) is 12.1. The van der Waals surface area contributed by atoms with Gasteiger partial charge in [0.1, 0.15) is 0 Å². The van der Waals surface area contributed by atoms with Gasteiger partial charge in [0.05, 0.1) is 10.7 Å². The van der Waals surface area contributed by atoms with Gasteiger partial charge >= 0.3 is 0 Å². The molecular formula is C16H19NS. The lowest BCUT2D eigenvalue weighted by molar-refractivity contribution is 1.00. The average Bonchev–Trinajstić information content (AvgIpc) is 2.35. The van der Waals surface area contributed by atoms with Crippen molar-refractivity contribution >= 4 is 22.5 Å². The van der Waals surface area contributed by atoms with E-state index in [1.165, 1.54) is 16.0 Å². The molecule has 0 saturated heterocycles. The smallest absolute Gasteiger partial charge is 0.0752 e. The zero-order chi connectivity index (χ0) is 13.0. The van der Waals surface area contributed by atoms with Crippen LogP contribution in [-0.2, 0) is 0 Å². The van der Waals surface area contributed by atoms with Gasteiger partial charge in [-0.05, 0) is 55.7 Å². The second-order valence-electron chi connectivity index (χ2n) is 4.57. The van der Waals surface area contributed by atoms with Crippen molar-refractivity contribution < 1.29 is 0 Å². The van der Waals surface area contributed by atoms with Gasteiger partial charge in [0.15, 0.2) is 0 Å². The topological polar surface area (TPSA) is 12.4 Å². The maximum atomic E-state index is 4.71. The number of hydrogen-bond acceptors (Lipinski definition) is 2. The van der Waals surface area contributed by atoms with Gasteiger partial charge in [-0.15, -0.1) is 0 Å². The minimum atomic E-state index is 1.08. The van der Waals surface area contributed by atoms with E-state index in [2.05, 4.69) is 51.1 Å². The van der Waals surface area contributed by atoms with E-state index in [-0.39, 0.29) is 0 Å². The van der Waals surface area contributed by atoms with Crippen LogP contribution in [0.5, 0.6) is 0 Å². The van der Waals surface area contributed by atoms with Gasteiger partial charge in [-0.3, -0.25) is 0 Å². The molecule has 2 rings (SSSR count). The predicted octanol–water partition coefficient (Wildman–Crippen LogP) is 5.40. The van der Waals surface area contributed by atoms with E-state index in [0.717, 1.165) is 23.6 Å². The van der Waals surface area contributed by atoms with E-state index < -0.39 is 0 Å². The van der Waals surface area contributed by atoms with Crippen molar-refractivity contribution in [2.45, 2.75) is 33.6 Å². The molecule has 2 heteroatoms. The fourth-order valence-corrected chi connectivity index (χ4v) is 2.91. The molecule has 1 aliphatic carbocycles. The highest BCUT2D eigenvalue weighted by Gasteiger charge is 2.07. The van der Waals surface area contributed by atoms with E-state index in [4.69, 9.17) is 4.99 Å². The number of para-hydroxylation sites is 1. The number of hydrogen-bond donors (Lipinski definition) is 0. The Balaban J connectivity index is 2.15. The molecule has 0 aliphatic heterocycles. The number of rotatable bonds is 2. The summed E-state index contributed by atoms with van der Waals surface area (Å²) in [4.78, 5) is 6.16. The number of thioether (sulfide) groups is 1. The summed E-state index contributed by atoms with van der Waals surface area (Å²) in [5.74, 6) is 0. The highest BCUT2D eigenvalue weighted by molar-refractivity contribution is 8.17. The molecule has 1 nitrogen and oxygen atoms in total. The number of aliphatic imine (C=N–C) groups is 1. The van der Waals surface area contributed by atoms with Crippen molar-refractivity contribution in [1.82, 2.24) is 0 Å². The molecule has 0 aromatic heterocycles. The number of aryl methyl sites for hydroxylation is 1. The minimum absolute atomic E-state index is 1.08. The molecule has 1 aromatic rings. The monoisotopic (exact) mass is 257 g/mol. The van der Waals surface area contributed by atoms with Crippen LogP contribution in [0.2, 0.25) is 0 Å². The Morgan fingerprint density at radius 2 is 2.00 bits per heavy atom. The first-order valence-corrected chi connectivity index (χ1v) is 7.13. The molecule has 0 spiro atoms. The SMILES string of the molecule is CC1=C(S/C(C)=N/c2ccccc2C)CCC=C1. The molecule has 0 fully saturated rings. The Morgan fingerprint density at radius 3 is 2.72 bits per heavy atom. The quantitative estimate of drug-likeness (QED) is 0.510. The maximum Gasteiger partial charge on any atom is 0.0752 e. The summed E-state index contributed by atoms with van der Waals surface area (Å²) in [7, 11) is 0. The van der Waals surface area contributed by atoms with Crippen molar-refractivity contribution in [3.8, 4) is 0 Å². The van der Waals surface area contributed by atoms with Crippen molar-refractivity contribution in [3.05, 3.63) is 52.5 Å². The molecule has 0 unspecified atom stereocenters. The summed E-state index contributed by atoms with van der Waals surface area (Å²) in [6.45, 7) is 6.37. The van der Waals surface area contributed by atoms with Crippen LogP contribution in [0.3, 0.4) is 0 Å². The molecule has 1 aromatic carbocycles. The van der Waals surface area contributed by atoms with E-state index in [0.29, 0.717) is 0 Å². The van der Waals surface area contributed by atoms with Crippen LogP contribution in [0, 0.1) is 6.92 Å². The summed E-state index contributed by atoms with van der Waals surface area (Å²) in [5.41, 5.74) is 3.68. The molecular weight excluding hydrogens is 238 g/mol. The summed E-state index contributed by atoms with van der Waals surface area (Å²) in [6, 6.07) is 8.26. The van der Waals surface area contributed by atoms with Gasteiger partial charge in [0.25, 0.3) is 0 Å². The second-order valence-corrected chi connectivity index (χ2v) is 5.85. The molecule has 0 N–H and O–H groups in total. The Labute approximate surface area is 114 Å². The molecule has 1 aliphatic rings. The summed E-state index contributed by atoms with van der Waals surface area (Å²) < 4.78 is 0. The fourth-order valence-electron chi connectivity index (χ4n) is 1.96. The van der Waals surface area contributed by atoms with Crippen molar-refractivity contribution in [1.29, 1.82) is 0 Å². The summed E-state index contributed by atoms with van der Waals surface area (Å²) in [5, 5.41) is 1.12. The lowest BCUT2D eigenvalue weighted by atomic mass is 10.1. The number of nitrogens with zero attached hydrogens (tertiary/aromatic N) is 1. The third-order valence-electron chi connectivity index (χ3n) is 3.01. The molecule has 0 saturated carbocycles. The van der Waals surface area contributed by atoms with Gasteiger partial charge in [-0.25, -0.2) is 4.99 Å². The predicted molar refractivity (Wildman–Crippen MR) is 82.6 cm³/mol. The van der Waals surface area contributed by atoms with Crippen LogP contribution in [0.1, 0.15) is 32.3 Å². The van der Waals surface area contributed by atoms with E-state index in [9.17, 15) is 0 Å². The Hall–Kier alpha value is -1.28. The Morgan fingerprint density at radius 1 is 1.22 bits per heavy atom. The molecule has 0 atom stereocenters. The lowest BCUT2D eigenvalue weighted by Gasteiger charge is -2.12. The fraction of sp³-hybridized carbons (Fsp3) is 0.312. The minimum Gasteiger partial charge on any atom is -0.246 e. The van der Waals surface area contributed by atoms with Gasteiger partial charge in [0, 0.05) is 0 Å². The van der Waals surface area contributed by atoms with Gasteiger partial charge in [0.2, 0.25) is 0 Å². The van der Waals surface area contributed by atoms with E-state index >= 15 is 0 Å². The molecule has 94 valence electrons. The highest BCUT2D eigenvalue weighted by atomic mass is 32.2. The summed E-state index contributed by atoms with van der Waals surface area (Å²) >= 11 is 1.81. The number of allylic oxidation sites excluding steroid dienone is 4. The second kappa shape index (κ2) is 6.05. The first-order chi connectivity index (χ1) is 8.66. The van der Waals surface area contributed by atoms with Gasteiger partial charge < -0.3 is 0 Å². The maximum absolute atomic E-state index is 4.71. The van der Waals surface area contributed by atoms with Crippen molar-refractivity contribution in [2.24, 2.45) is 4.99 Å². The van der Waals surface area contributed by atoms with Crippen molar-refractivity contribution in [2.75, 3.05) is 0 Å². The zero-order valence-electron chi connectivity index (χ0n) is 11.2. The Kier molecular flexibility index (Phi) is 4.43. The van der Waals surface area contributed by atoms with E-state index in [1.807, 2.05) is 17.8 Å². The van der Waals surface area contributed by atoms with Crippen LogP contribution in [0.15, 0.2) is 51.9 Å². The standard InChI is InChI=1S/C16H19NS/c1-12-8-4-6-10-15(12)17-14(3)18-16-11-7-5-9-13(16)2/h4-6,8-10H,7,11H2,1-3H3/b17-14+. The highest BCUT2D eigenvalue weighted by Crippen LogP contribution is 2.31. The third-order valence-corrected chi connectivity index (χ3v) is 4.17. The third kappa shape index (κ3) is 3.36. The summed E-state index contributed by atoms with van der Waals surface area (Å²) in [6.07, 6.45) is 6.76. The number of benzene rings is 1. The van der Waals surface area contributed by atoms with Gasteiger partial charge in [-0.1, -0.05) is 42.1 Å². The molecule has 18 heavy (non-hydrogen) atoms. The Bertz CT molecular complexity index is 524. The first kappa shape index (κ1) is 13.2. The molecule has 0 amide bonds. The van der Waals surface area contributed by atoms with Crippen LogP contribution in [0.25, 0.3) is 0 Å². The van der Waals surface area contributed by atoms with Crippen LogP contribution < -0.4 is 0 Å². The van der Waals surface area contributed by atoms with Crippen LogP contribution >= 0.6 is 11.8 Å². The molecule has 0 heterocycles. The first-order valence-electron chi connectivity index (χ1n) is 6.32. The van der Waals surface area contributed by atoms with Crippen molar-refractivity contribution in [3.63, 3.8) is 0 Å². The molecule has 0 radical (unpaired) electrons. The van der Waals surface area contributed by atoms with Gasteiger partial charge in [-0.2, -0.15) is 0 Å². The van der Waals surface area contributed by atoms with Crippen LogP contribution in [-0.4, -0.2) is 5.04 Å². The molecule has 0 bridgehead atoms. The largest absolute Gasteiger partial charge is 0.246 e. The van der Waals surface area contributed by atoms with E-state index in [1.54, 1.807) is 0 Å². The lowest BCUT2D eigenvalue weighted by Crippen LogP contribution is -1.92. The van der Waals surface area contributed by atoms with Crippen LogP contribution in [0.4, 0.5) is 5.69 Å². The average molecular weight is 257 g/mol. The normalized spacial score (nSPS) is 16.3.